The minimum Gasteiger partial charge on any atom is -0.331 e. The predicted molar refractivity (Wildman–Crippen MR) is 60.8 cm³/mol. The zero-order valence-corrected chi connectivity index (χ0v) is 9.52. The van der Waals surface area contributed by atoms with Crippen molar-refractivity contribution < 1.29 is 0 Å². The SMILES string of the molecule is CCCC1CCCCCC1.CCN. The average Bonchev–Trinajstić information content (AvgIpc) is 2.35. The van der Waals surface area contributed by atoms with Crippen molar-refractivity contribution in [3.05, 3.63) is 0 Å². The molecule has 0 aliphatic heterocycles. The Labute approximate surface area is 84.1 Å². The van der Waals surface area contributed by atoms with Crippen molar-refractivity contribution in [1.82, 2.24) is 0 Å². The summed E-state index contributed by atoms with van der Waals surface area (Å²) in [5.74, 6) is 1.09. The minimum absolute atomic E-state index is 0.750. The minimum atomic E-state index is 0.750. The molecule has 0 amide bonds. The molecule has 0 aromatic rings. The maximum absolute atomic E-state index is 4.85. The monoisotopic (exact) mass is 185 g/mol. The third kappa shape index (κ3) is 8.29. The molecule has 0 radical (unpaired) electrons. The Hall–Kier alpha value is -0.0400. The van der Waals surface area contributed by atoms with Gasteiger partial charge in [-0.1, -0.05) is 65.2 Å². The van der Waals surface area contributed by atoms with Crippen LogP contribution in [0.4, 0.5) is 0 Å². The molecule has 1 aliphatic carbocycles. The van der Waals surface area contributed by atoms with E-state index in [2.05, 4.69) is 6.92 Å². The standard InChI is InChI=1S/C10H20.C2H7N/c1-2-7-10-8-5-3-4-6-9-10;1-2-3/h10H,2-9H2,1H3;2-3H2,1H3. The van der Waals surface area contributed by atoms with Gasteiger partial charge in [0, 0.05) is 0 Å². The van der Waals surface area contributed by atoms with Gasteiger partial charge in [0.1, 0.15) is 0 Å². The number of nitrogens with two attached hydrogens (primary N) is 1. The highest BCUT2D eigenvalue weighted by Gasteiger charge is 2.09. The van der Waals surface area contributed by atoms with Crippen molar-refractivity contribution in [2.45, 2.75) is 65.2 Å². The Bertz CT molecular complexity index is 83.1. The fourth-order valence-electron chi connectivity index (χ4n) is 2.06. The summed E-state index contributed by atoms with van der Waals surface area (Å²) in [5, 5.41) is 0. The van der Waals surface area contributed by atoms with Crippen LogP contribution in [0.25, 0.3) is 0 Å². The molecule has 13 heavy (non-hydrogen) atoms. The van der Waals surface area contributed by atoms with Gasteiger partial charge < -0.3 is 5.73 Å². The van der Waals surface area contributed by atoms with Gasteiger partial charge in [-0.15, -0.1) is 0 Å². The maximum atomic E-state index is 4.85. The molecule has 0 atom stereocenters. The number of hydrogen-bond donors (Lipinski definition) is 1. The van der Waals surface area contributed by atoms with E-state index in [1.807, 2.05) is 6.92 Å². The molecular formula is C12H27N. The molecule has 0 aromatic heterocycles. The van der Waals surface area contributed by atoms with Crippen molar-refractivity contribution in [3.63, 3.8) is 0 Å². The normalized spacial score (nSPS) is 18.7. The number of hydrogen-bond acceptors (Lipinski definition) is 1. The van der Waals surface area contributed by atoms with Crippen molar-refractivity contribution in [3.8, 4) is 0 Å². The van der Waals surface area contributed by atoms with Gasteiger partial charge in [0.25, 0.3) is 0 Å². The van der Waals surface area contributed by atoms with Crippen LogP contribution in [0, 0.1) is 5.92 Å². The van der Waals surface area contributed by atoms with Crippen LogP contribution in [0.3, 0.4) is 0 Å². The first-order valence-electron chi connectivity index (χ1n) is 6.05. The Morgan fingerprint density at radius 1 is 1.00 bits per heavy atom. The van der Waals surface area contributed by atoms with E-state index in [0.717, 1.165) is 12.5 Å². The van der Waals surface area contributed by atoms with Crippen molar-refractivity contribution in [1.29, 1.82) is 0 Å². The first-order chi connectivity index (χ1) is 6.35. The van der Waals surface area contributed by atoms with Gasteiger partial charge in [-0.3, -0.25) is 0 Å². The van der Waals surface area contributed by atoms with E-state index in [1.54, 1.807) is 0 Å². The number of rotatable bonds is 2. The molecule has 1 saturated carbocycles. The molecule has 0 saturated heterocycles. The lowest BCUT2D eigenvalue weighted by Crippen LogP contribution is -1.96. The molecular weight excluding hydrogens is 158 g/mol. The summed E-state index contributed by atoms with van der Waals surface area (Å²) in [7, 11) is 0. The van der Waals surface area contributed by atoms with E-state index in [1.165, 1.54) is 51.4 Å². The summed E-state index contributed by atoms with van der Waals surface area (Å²) < 4.78 is 0. The average molecular weight is 185 g/mol. The van der Waals surface area contributed by atoms with E-state index < -0.39 is 0 Å². The molecule has 0 heterocycles. The van der Waals surface area contributed by atoms with Crippen molar-refractivity contribution >= 4 is 0 Å². The topological polar surface area (TPSA) is 26.0 Å². The van der Waals surface area contributed by atoms with E-state index in [9.17, 15) is 0 Å². The van der Waals surface area contributed by atoms with Crippen LogP contribution in [0.1, 0.15) is 65.2 Å². The Balaban J connectivity index is 0.000000424. The van der Waals surface area contributed by atoms with Gasteiger partial charge in [0.05, 0.1) is 0 Å². The van der Waals surface area contributed by atoms with E-state index in [-0.39, 0.29) is 0 Å². The second-order valence-electron chi connectivity index (χ2n) is 4.05. The molecule has 0 unspecified atom stereocenters. The summed E-state index contributed by atoms with van der Waals surface area (Å²) in [5.41, 5.74) is 4.85. The van der Waals surface area contributed by atoms with Crippen LogP contribution in [0.2, 0.25) is 0 Å². The second kappa shape index (κ2) is 10.0. The van der Waals surface area contributed by atoms with Gasteiger partial charge in [0.2, 0.25) is 0 Å². The highest BCUT2D eigenvalue weighted by molar-refractivity contribution is 4.63. The summed E-state index contributed by atoms with van der Waals surface area (Å²) >= 11 is 0. The third-order valence-corrected chi connectivity index (χ3v) is 2.67. The zero-order valence-electron chi connectivity index (χ0n) is 9.52. The first kappa shape index (κ1) is 13.0. The van der Waals surface area contributed by atoms with Gasteiger partial charge in [0.15, 0.2) is 0 Å². The first-order valence-corrected chi connectivity index (χ1v) is 6.05. The molecule has 1 aliphatic rings. The summed E-state index contributed by atoms with van der Waals surface area (Å²) in [4.78, 5) is 0. The molecule has 1 nitrogen and oxygen atoms in total. The largest absolute Gasteiger partial charge is 0.331 e. The lowest BCUT2D eigenvalue weighted by atomic mass is 9.96. The van der Waals surface area contributed by atoms with Gasteiger partial charge in [-0.25, -0.2) is 0 Å². The molecule has 0 aromatic carbocycles. The fourth-order valence-corrected chi connectivity index (χ4v) is 2.06. The maximum Gasteiger partial charge on any atom is -0.0106 e. The Morgan fingerprint density at radius 2 is 1.46 bits per heavy atom. The molecule has 1 heteroatoms. The summed E-state index contributed by atoms with van der Waals surface area (Å²) in [6, 6.07) is 0. The molecule has 1 fully saturated rings. The van der Waals surface area contributed by atoms with Crippen LogP contribution in [-0.2, 0) is 0 Å². The molecule has 0 bridgehead atoms. The lowest BCUT2D eigenvalue weighted by molar-refractivity contribution is 0.424. The molecule has 2 N–H and O–H groups in total. The van der Waals surface area contributed by atoms with Crippen molar-refractivity contribution in [2.24, 2.45) is 11.7 Å². The van der Waals surface area contributed by atoms with E-state index >= 15 is 0 Å². The molecule has 80 valence electrons. The predicted octanol–water partition coefficient (Wildman–Crippen LogP) is 3.72. The smallest absolute Gasteiger partial charge is 0.0106 e. The zero-order chi connectivity index (χ0) is 9.94. The van der Waals surface area contributed by atoms with E-state index in [4.69, 9.17) is 5.73 Å². The van der Waals surface area contributed by atoms with Crippen LogP contribution >= 0.6 is 0 Å². The lowest BCUT2D eigenvalue weighted by Gasteiger charge is -2.10. The second-order valence-corrected chi connectivity index (χ2v) is 4.05. The van der Waals surface area contributed by atoms with Crippen LogP contribution < -0.4 is 5.73 Å². The summed E-state index contributed by atoms with van der Waals surface area (Å²) in [6.45, 7) is 4.96. The van der Waals surface area contributed by atoms with Gasteiger partial charge in [-0.05, 0) is 12.5 Å². The Morgan fingerprint density at radius 3 is 1.85 bits per heavy atom. The third-order valence-electron chi connectivity index (χ3n) is 2.67. The summed E-state index contributed by atoms with van der Waals surface area (Å²) in [6.07, 6.45) is 11.9. The molecule has 0 spiro atoms. The fraction of sp³-hybridized carbons (Fsp3) is 1.00. The van der Waals surface area contributed by atoms with E-state index in [0.29, 0.717) is 0 Å². The van der Waals surface area contributed by atoms with Crippen LogP contribution in [0.15, 0.2) is 0 Å². The van der Waals surface area contributed by atoms with Gasteiger partial charge >= 0.3 is 0 Å². The Kier molecular flexibility index (Phi) is 10.0. The van der Waals surface area contributed by atoms with Crippen LogP contribution in [0.5, 0.6) is 0 Å². The molecule has 1 rings (SSSR count). The van der Waals surface area contributed by atoms with Crippen LogP contribution in [-0.4, -0.2) is 6.54 Å². The highest BCUT2D eigenvalue weighted by atomic mass is 14.5. The quantitative estimate of drug-likeness (QED) is 0.652. The highest BCUT2D eigenvalue weighted by Crippen LogP contribution is 2.25. The van der Waals surface area contributed by atoms with Crippen molar-refractivity contribution in [2.75, 3.05) is 6.54 Å². The van der Waals surface area contributed by atoms with Gasteiger partial charge in [-0.2, -0.15) is 0 Å².